The fraction of sp³-hybridized carbons (Fsp3) is 0.412. The molecule has 1 aliphatic carbocycles. The normalized spacial score (nSPS) is 16.5. The summed E-state index contributed by atoms with van der Waals surface area (Å²) in [5, 5.41) is 10.4. The Morgan fingerprint density at radius 1 is 1.38 bits per heavy atom. The van der Waals surface area contributed by atoms with Crippen LogP contribution in [0.15, 0.2) is 18.2 Å². The van der Waals surface area contributed by atoms with Gasteiger partial charge in [-0.25, -0.2) is 4.79 Å². The van der Waals surface area contributed by atoms with E-state index in [1.54, 1.807) is 13.2 Å². The molecule has 4 heteroatoms. The van der Waals surface area contributed by atoms with E-state index in [2.05, 4.69) is 18.8 Å². The Balaban J connectivity index is 2.33. The number of pyridine rings is 1. The van der Waals surface area contributed by atoms with Gasteiger partial charge in [-0.2, -0.15) is 0 Å². The first-order valence-electron chi connectivity index (χ1n) is 7.14. The van der Waals surface area contributed by atoms with Crippen LogP contribution < -0.4 is 4.74 Å². The lowest BCUT2D eigenvalue weighted by molar-refractivity contribution is 0.0696. The van der Waals surface area contributed by atoms with Crippen LogP contribution in [0.5, 0.6) is 5.75 Å². The maximum atomic E-state index is 11.8. The highest BCUT2D eigenvalue weighted by Gasteiger charge is 2.31. The second-order valence-electron chi connectivity index (χ2n) is 6.44. The number of methoxy groups -OCH3 is 1. The Morgan fingerprint density at radius 2 is 2.14 bits per heavy atom. The number of aryl methyl sites for hydroxylation is 1. The number of carboxylic acids is 1. The van der Waals surface area contributed by atoms with Crippen LogP contribution in [0, 0.1) is 5.41 Å². The Morgan fingerprint density at radius 3 is 2.81 bits per heavy atom. The van der Waals surface area contributed by atoms with Crippen LogP contribution >= 0.6 is 0 Å². The van der Waals surface area contributed by atoms with Gasteiger partial charge in [0.2, 0.25) is 0 Å². The molecule has 4 nitrogen and oxygen atoms in total. The predicted octanol–water partition coefficient (Wildman–Crippen LogP) is 3.46. The van der Waals surface area contributed by atoms with E-state index in [9.17, 15) is 9.90 Å². The minimum atomic E-state index is -0.885. The van der Waals surface area contributed by atoms with E-state index in [0.717, 1.165) is 36.0 Å². The molecule has 0 amide bonds. The molecule has 0 saturated heterocycles. The summed E-state index contributed by atoms with van der Waals surface area (Å²) in [5.41, 5.74) is 3.06. The molecular formula is C17H19NO3. The molecule has 0 unspecified atom stereocenters. The fourth-order valence-corrected chi connectivity index (χ4v) is 3.12. The van der Waals surface area contributed by atoms with Gasteiger partial charge in [0, 0.05) is 11.1 Å². The number of fused-ring (bicyclic) bond motifs is 2. The van der Waals surface area contributed by atoms with Crippen LogP contribution in [0.3, 0.4) is 0 Å². The highest BCUT2D eigenvalue weighted by molar-refractivity contribution is 6.04. The molecule has 2 aromatic rings. The van der Waals surface area contributed by atoms with Crippen LogP contribution in [0.1, 0.15) is 41.9 Å². The maximum absolute atomic E-state index is 11.8. The van der Waals surface area contributed by atoms with Gasteiger partial charge in [0.05, 0.1) is 18.2 Å². The van der Waals surface area contributed by atoms with E-state index in [1.165, 1.54) is 0 Å². The molecule has 0 aliphatic heterocycles. The largest absolute Gasteiger partial charge is 0.497 e. The number of hydrogen-bond acceptors (Lipinski definition) is 3. The summed E-state index contributed by atoms with van der Waals surface area (Å²) in [5.74, 6) is -0.230. The van der Waals surface area contributed by atoms with Crippen molar-refractivity contribution < 1.29 is 14.6 Å². The highest BCUT2D eigenvalue weighted by Crippen LogP contribution is 2.38. The molecule has 0 spiro atoms. The summed E-state index contributed by atoms with van der Waals surface area (Å²) < 4.78 is 5.22. The summed E-state index contributed by atoms with van der Waals surface area (Å²) in [6.45, 7) is 4.36. The monoisotopic (exact) mass is 285 g/mol. The Kier molecular flexibility index (Phi) is 3.12. The lowest BCUT2D eigenvalue weighted by Crippen LogP contribution is -2.25. The molecule has 21 heavy (non-hydrogen) atoms. The molecule has 1 heterocycles. The van der Waals surface area contributed by atoms with Crippen molar-refractivity contribution in [2.24, 2.45) is 5.41 Å². The van der Waals surface area contributed by atoms with Gasteiger partial charge in [0.25, 0.3) is 0 Å². The molecule has 1 N–H and O–H groups in total. The first-order valence-corrected chi connectivity index (χ1v) is 7.14. The molecule has 1 aromatic heterocycles. The Hall–Kier alpha value is -2.10. The SMILES string of the molecule is COc1ccc2nc3c(c(C(=O)O)c2c1)CC(C)(C)CC3. The number of benzene rings is 1. The van der Waals surface area contributed by atoms with Crippen molar-refractivity contribution in [1.82, 2.24) is 4.98 Å². The summed E-state index contributed by atoms with van der Waals surface area (Å²) in [6, 6.07) is 5.43. The van der Waals surface area contributed by atoms with Gasteiger partial charge in [0.1, 0.15) is 5.75 Å². The van der Waals surface area contributed by atoms with Crippen molar-refractivity contribution in [1.29, 1.82) is 0 Å². The molecule has 0 atom stereocenters. The summed E-state index contributed by atoms with van der Waals surface area (Å²) in [4.78, 5) is 16.5. The van der Waals surface area contributed by atoms with E-state index in [-0.39, 0.29) is 5.41 Å². The molecular weight excluding hydrogens is 266 g/mol. The molecule has 0 bridgehead atoms. The van der Waals surface area contributed by atoms with Crippen molar-refractivity contribution in [3.8, 4) is 5.75 Å². The van der Waals surface area contributed by atoms with Crippen LogP contribution in [-0.2, 0) is 12.8 Å². The van der Waals surface area contributed by atoms with Gasteiger partial charge in [-0.1, -0.05) is 13.8 Å². The van der Waals surface area contributed by atoms with Crippen molar-refractivity contribution >= 4 is 16.9 Å². The van der Waals surface area contributed by atoms with Crippen molar-refractivity contribution in [2.45, 2.75) is 33.1 Å². The van der Waals surface area contributed by atoms with E-state index >= 15 is 0 Å². The summed E-state index contributed by atoms with van der Waals surface area (Å²) in [6.07, 6.45) is 2.63. The van der Waals surface area contributed by atoms with Gasteiger partial charge >= 0.3 is 5.97 Å². The van der Waals surface area contributed by atoms with Gasteiger partial charge in [-0.05, 0) is 48.4 Å². The molecule has 0 radical (unpaired) electrons. The average Bonchev–Trinajstić information content (AvgIpc) is 2.43. The lowest BCUT2D eigenvalue weighted by atomic mass is 9.74. The first-order chi connectivity index (χ1) is 9.91. The zero-order valence-corrected chi connectivity index (χ0v) is 12.6. The van der Waals surface area contributed by atoms with Crippen molar-refractivity contribution in [2.75, 3.05) is 7.11 Å². The van der Waals surface area contributed by atoms with E-state index in [4.69, 9.17) is 4.74 Å². The number of aromatic carboxylic acids is 1. The zero-order valence-electron chi connectivity index (χ0n) is 12.6. The second kappa shape index (κ2) is 4.72. The molecule has 1 aromatic carbocycles. The smallest absolute Gasteiger partial charge is 0.336 e. The Labute approximate surface area is 123 Å². The number of carboxylic acid groups (broad SMARTS) is 1. The van der Waals surface area contributed by atoms with Gasteiger partial charge in [-0.3, -0.25) is 4.98 Å². The van der Waals surface area contributed by atoms with E-state index < -0.39 is 5.97 Å². The third-order valence-electron chi connectivity index (χ3n) is 4.29. The standard InChI is InChI=1S/C17H19NO3/c1-17(2)7-6-14-12(9-17)15(16(19)20)11-8-10(21-3)4-5-13(11)18-14/h4-5,8H,6-7,9H2,1-3H3,(H,19,20). The van der Waals surface area contributed by atoms with Gasteiger partial charge < -0.3 is 9.84 Å². The number of aromatic nitrogens is 1. The topological polar surface area (TPSA) is 59.4 Å². The van der Waals surface area contributed by atoms with Crippen LogP contribution in [0.25, 0.3) is 10.9 Å². The first kappa shape index (κ1) is 13.9. The quantitative estimate of drug-likeness (QED) is 0.918. The summed E-state index contributed by atoms with van der Waals surface area (Å²) >= 11 is 0. The third-order valence-corrected chi connectivity index (χ3v) is 4.29. The molecule has 0 saturated carbocycles. The highest BCUT2D eigenvalue weighted by atomic mass is 16.5. The Bertz CT molecular complexity index is 734. The minimum absolute atomic E-state index is 0.116. The number of carbonyl (C=O) groups is 1. The van der Waals surface area contributed by atoms with Crippen LogP contribution in [0.4, 0.5) is 0 Å². The molecule has 1 aliphatic rings. The van der Waals surface area contributed by atoms with E-state index in [0.29, 0.717) is 16.7 Å². The minimum Gasteiger partial charge on any atom is -0.497 e. The van der Waals surface area contributed by atoms with Gasteiger partial charge in [0.15, 0.2) is 0 Å². The number of hydrogen-bond donors (Lipinski definition) is 1. The fourth-order valence-electron chi connectivity index (χ4n) is 3.12. The van der Waals surface area contributed by atoms with Crippen molar-refractivity contribution in [3.05, 3.63) is 35.0 Å². The van der Waals surface area contributed by atoms with E-state index in [1.807, 2.05) is 12.1 Å². The maximum Gasteiger partial charge on any atom is 0.336 e. The van der Waals surface area contributed by atoms with Crippen LogP contribution in [-0.4, -0.2) is 23.2 Å². The molecule has 3 rings (SSSR count). The second-order valence-corrected chi connectivity index (χ2v) is 6.44. The predicted molar refractivity (Wildman–Crippen MR) is 81.1 cm³/mol. The third kappa shape index (κ3) is 2.35. The zero-order chi connectivity index (χ0) is 15.2. The number of nitrogens with zero attached hydrogens (tertiary/aromatic N) is 1. The number of rotatable bonds is 2. The summed E-state index contributed by atoms with van der Waals surface area (Å²) in [7, 11) is 1.58. The lowest BCUT2D eigenvalue weighted by Gasteiger charge is -2.32. The molecule has 0 fully saturated rings. The molecule has 110 valence electrons. The number of ether oxygens (including phenoxy) is 1. The van der Waals surface area contributed by atoms with Crippen LogP contribution in [0.2, 0.25) is 0 Å². The van der Waals surface area contributed by atoms with Gasteiger partial charge in [-0.15, -0.1) is 0 Å². The van der Waals surface area contributed by atoms with Crippen molar-refractivity contribution in [3.63, 3.8) is 0 Å². The average molecular weight is 285 g/mol.